The molecule has 4 nitrogen and oxygen atoms in total. The van der Waals surface area contributed by atoms with Gasteiger partial charge in [0.1, 0.15) is 11.5 Å². The van der Waals surface area contributed by atoms with Crippen LogP contribution in [0.5, 0.6) is 11.5 Å². The number of halogens is 1. The summed E-state index contributed by atoms with van der Waals surface area (Å²) in [4.78, 5) is 3.69. The first-order chi connectivity index (χ1) is 12.3. The number of hydrogen-bond donors (Lipinski definition) is 1. The maximum Gasteiger partial charge on any atom is 0.132 e. The second kappa shape index (κ2) is 10.1. The lowest BCUT2D eigenvalue weighted by Crippen LogP contribution is -2.45. The van der Waals surface area contributed by atoms with Crippen LogP contribution in [0.2, 0.25) is 0 Å². The van der Waals surface area contributed by atoms with Crippen molar-refractivity contribution in [1.29, 1.82) is 0 Å². The minimum Gasteiger partial charge on any atom is -0.496 e. The van der Waals surface area contributed by atoms with Crippen LogP contribution in [0.15, 0.2) is 47.4 Å². The average Bonchev–Trinajstić information content (AvgIpc) is 2.68. The number of benzene rings is 2. The molecule has 0 bridgehead atoms. The van der Waals surface area contributed by atoms with Gasteiger partial charge in [-0.1, -0.05) is 24.3 Å². The van der Waals surface area contributed by atoms with Gasteiger partial charge in [-0.05, 0) is 30.0 Å². The van der Waals surface area contributed by atoms with Crippen LogP contribution in [0.1, 0.15) is 17.2 Å². The molecule has 1 aliphatic heterocycles. The first-order valence-electron chi connectivity index (χ1n) is 8.55. The molecule has 0 radical (unpaired) electrons. The molecular weight excluding hydrogens is 368 g/mol. The summed E-state index contributed by atoms with van der Waals surface area (Å²) >= 11 is 1.71. The first kappa shape index (κ1) is 20.9. The molecule has 6 heteroatoms. The van der Waals surface area contributed by atoms with Gasteiger partial charge in [-0.3, -0.25) is 4.90 Å². The molecule has 1 aliphatic rings. The van der Waals surface area contributed by atoms with Crippen LogP contribution in [0.25, 0.3) is 0 Å². The third-order valence-electron chi connectivity index (χ3n) is 4.69. The van der Waals surface area contributed by atoms with E-state index in [-0.39, 0.29) is 12.4 Å². The van der Waals surface area contributed by atoms with Crippen LogP contribution < -0.4 is 14.8 Å². The van der Waals surface area contributed by atoms with E-state index in [1.807, 2.05) is 12.1 Å². The van der Waals surface area contributed by atoms with E-state index in [1.165, 1.54) is 16.0 Å². The van der Waals surface area contributed by atoms with Gasteiger partial charge in [-0.25, -0.2) is 0 Å². The molecule has 1 fully saturated rings. The van der Waals surface area contributed by atoms with E-state index < -0.39 is 0 Å². The van der Waals surface area contributed by atoms with Gasteiger partial charge in [-0.15, -0.1) is 24.2 Å². The minimum atomic E-state index is 0. The Balaban J connectivity index is 0.00000243. The number of nitrogens with one attached hydrogen (secondary N) is 1. The molecule has 0 aliphatic carbocycles. The summed E-state index contributed by atoms with van der Waals surface area (Å²) in [5, 5.41) is 3.52. The third kappa shape index (κ3) is 4.65. The predicted molar refractivity (Wildman–Crippen MR) is 111 cm³/mol. The molecule has 3 rings (SSSR count). The van der Waals surface area contributed by atoms with Crippen molar-refractivity contribution < 1.29 is 9.47 Å². The smallest absolute Gasteiger partial charge is 0.132 e. The lowest BCUT2D eigenvalue weighted by atomic mass is 10.0. The predicted octanol–water partition coefficient (Wildman–Crippen LogP) is 3.99. The monoisotopic (exact) mass is 394 g/mol. The van der Waals surface area contributed by atoms with Gasteiger partial charge in [0.25, 0.3) is 0 Å². The fraction of sp³-hybridized carbons (Fsp3) is 0.400. The number of piperazine rings is 1. The van der Waals surface area contributed by atoms with E-state index in [0.29, 0.717) is 6.04 Å². The first-order valence-corrected chi connectivity index (χ1v) is 9.78. The van der Waals surface area contributed by atoms with Gasteiger partial charge in [0.05, 0.1) is 20.3 Å². The molecule has 0 aromatic heterocycles. The van der Waals surface area contributed by atoms with Crippen LogP contribution >= 0.6 is 24.2 Å². The number of para-hydroxylation sites is 1. The highest BCUT2D eigenvalue weighted by Gasteiger charge is 2.26. The Labute approximate surface area is 166 Å². The molecule has 1 N–H and O–H groups in total. The number of nitrogens with zero attached hydrogens (tertiary/aromatic N) is 1. The SMILES string of the molecule is COc1cc(CN2CCNCC2c2ccccc2OC)ccc1SC.Cl. The largest absolute Gasteiger partial charge is 0.496 e. The van der Waals surface area contributed by atoms with Gasteiger partial charge < -0.3 is 14.8 Å². The number of hydrogen-bond acceptors (Lipinski definition) is 5. The van der Waals surface area contributed by atoms with E-state index in [4.69, 9.17) is 9.47 Å². The molecule has 1 saturated heterocycles. The Morgan fingerprint density at radius 2 is 1.88 bits per heavy atom. The zero-order valence-corrected chi connectivity index (χ0v) is 17.2. The quantitative estimate of drug-likeness (QED) is 0.749. The maximum atomic E-state index is 5.59. The summed E-state index contributed by atoms with van der Waals surface area (Å²) in [7, 11) is 3.48. The molecular formula is C20H27ClN2O2S. The molecule has 2 aromatic carbocycles. The van der Waals surface area contributed by atoms with Gasteiger partial charge in [0, 0.05) is 36.6 Å². The van der Waals surface area contributed by atoms with Gasteiger partial charge in [0.2, 0.25) is 0 Å². The lowest BCUT2D eigenvalue weighted by molar-refractivity contribution is 0.151. The average molecular weight is 395 g/mol. The van der Waals surface area contributed by atoms with Crippen molar-refractivity contribution in [1.82, 2.24) is 10.2 Å². The van der Waals surface area contributed by atoms with Gasteiger partial charge in [-0.2, -0.15) is 0 Å². The van der Waals surface area contributed by atoms with E-state index in [2.05, 4.69) is 46.8 Å². The van der Waals surface area contributed by atoms with Crippen LogP contribution in [-0.4, -0.2) is 45.0 Å². The van der Waals surface area contributed by atoms with Gasteiger partial charge >= 0.3 is 0 Å². The lowest BCUT2D eigenvalue weighted by Gasteiger charge is -2.37. The second-order valence-electron chi connectivity index (χ2n) is 6.12. The van der Waals surface area contributed by atoms with E-state index in [9.17, 15) is 0 Å². The summed E-state index contributed by atoms with van der Waals surface area (Å²) < 4.78 is 11.1. The van der Waals surface area contributed by atoms with Crippen molar-refractivity contribution in [2.75, 3.05) is 40.1 Å². The van der Waals surface area contributed by atoms with Crippen molar-refractivity contribution in [3.8, 4) is 11.5 Å². The zero-order valence-electron chi connectivity index (χ0n) is 15.5. The Morgan fingerprint density at radius 3 is 2.62 bits per heavy atom. The molecule has 0 amide bonds. The number of thioether (sulfide) groups is 1. The van der Waals surface area contributed by atoms with Crippen LogP contribution in [-0.2, 0) is 6.54 Å². The Morgan fingerprint density at radius 1 is 1.12 bits per heavy atom. The number of ether oxygens (including phenoxy) is 2. The molecule has 1 heterocycles. The topological polar surface area (TPSA) is 33.7 Å². The van der Waals surface area contributed by atoms with Crippen molar-refractivity contribution in [2.45, 2.75) is 17.5 Å². The van der Waals surface area contributed by atoms with Gasteiger partial charge in [0.15, 0.2) is 0 Å². The molecule has 0 spiro atoms. The fourth-order valence-electron chi connectivity index (χ4n) is 3.40. The summed E-state index contributed by atoms with van der Waals surface area (Å²) in [5.41, 5.74) is 2.52. The van der Waals surface area contributed by atoms with Crippen molar-refractivity contribution >= 4 is 24.2 Å². The van der Waals surface area contributed by atoms with Crippen LogP contribution in [0.4, 0.5) is 0 Å². The highest BCUT2D eigenvalue weighted by molar-refractivity contribution is 7.98. The third-order valence-corrected chi connectivity index (χ3v) is 5.46. The van der Waals surface area contributed by atoms with E-state index >= 15 is 0 Å². The van der Waals surface area contributed by atoms with E-state index in [0.717, 1.165) is 37.7 Å². The maximum absolute atomic E-state index is 5.59. The van der Waals surface area contributed by atoms with Crippen LogP contribution in [0.3, 0.4) is 0 Å². The van der Waals surface area contributed by atoms with Crippen LogP contribution in [0, 0.1) is 0 Å². The number of rotatable bonds is 6. The molecule has 26 heavy (non-hydrogen) atoms. The second-order valence-corrected chi connectivity index (χ2v) is 6.97. The van der Waals surface area contributed by atoms with Crippen molar-refractivity contribution in [3.63, 3.8) is 0 Å². The summed E-state index contributed by atoms with van der Waals surface area (Å²) in [6, 6.07) is 15.1. The molecule has 1 atom stereocenters. The zero-order chi connectivity index (χ0) is 17.6. The highest BCUT2D eigenvalue weighted by atomic mass is 35.5. The Hall–Kier alpha value is -1.40. The Bertz CT molecular complexity index is 714. The molecule has 142 valence electrons. The molecule has 2 aromatic rings. The van der Waals surface area contributed by atoms with Crippen molar-refractivity contribution in [3.05, 3.63) is 53.6 Å². The summed E-state index contributed by atoms with van der Waals surface area (Å²) in [6.07, 6.45) is 2.07. The highest BCUT2D eigenvalue weighted by Crippen LogP contribution is 2.33. The van der Waals surface area contributed by atoms with E-state index in [1.54, 1.807) is 26.0 Å². The standard InChI is InChI=1S/C20H26N2O2S.ClH/c1-23-18-7-5-4-6-16(18)17-13-21-10-11-22(17)14-15-8-9-20(25-3)19(12-15)24-2;/h4-9,12,17,21H,10-11,13-14H2,1-3H3;1H. The summed E-state index contributed by atoms with van der Waals surface area (Å²) in [6.45, 7) is 3.84. The minimum absolute atomic E-state index is 0. The summed E-state index contributed by atoms with van der Waals surface area (Å²) in [5.74, 6) is 1.91. The molecule has 0 saturated carbocycles. The molecule has 1 unspecified atom stereocenters. The van der Waals surface area contributed by atoms with Crippen molar-refractivity contribution in [2.24, 2.45) is 0 Å². The number of methoxy groups -OCH3 is 2. The normalized spacial score (nSPS) is 17.4. The Kier molecular flexibility index (Phi) is 8.10. The fourth-order valence-corrected chi connectivity index (χ4v) is 3.95.